The van der Waals surface area contributed by atoms with Gasteiger partial charge in [-0.3, -0.25) is 9.59 Å². The zero-order chi connectivity index (χ0) is 26.7. The van der Waals surface area contributed by atoms with E-state index < -0.39 is 0 Å². The Morgan fingerprint density at radius 3 is 1.86 bits per heavy atom. The van der Waals surface area contributed by atoms with Crippen molar-refractivity contribution >= 4 is 11.9 Å². The molecular formula is C31H59NO4. The molecular weight excluding hydrogens is 450 g/mol. The van der Waals surface area contributed by atoms with Crippen molar-refractivity contribution in [3.8, 4) is 0 Å². The van der Waals surface area contributed by atoms with E-state index in [1.54, 1.807) is 0 Å². The fourth-order valence-electron chi connectivity index (χ4n) is 4.28. The fourth-order valence-corrected chi connectivity index (χ4v) is 4.28. The van der Waals surface area contributed by atoms with E-state index >= 15 is 0 Å². The predicted octanol–water partition coefficient (Wildman–Crippen LogP) is 8.40. The molecule has 0 aromatic heterocycles. The van der Waals surface area contributed by atoms with Crippen LogP contribution >= 0.6 is 0 Å². The molecule has 0 radical (unpaired) electrons. The first-order valence-corrected chi connectivity index (χ1v) is 15.1. The van der Waals surface area contributed by atoms with Gasteiger partial charge in [-0.1, -0.05) is 90.2 Å². The van der Waals surface area contributed by atoms with Crippen molar-refractivity contribution in [2.24, 2.45) is 0 Å². The average molecular weight is 510 g/mol. The number of unbranched alkanes of at least 4 members (excludes halogenated alkanes) is 12. The molecule has 5 heteroatoms. The van der Waals surface area contributed by atoms with Gasteiger partial charge in [0.05, 0.1) is 0 Å². The van der Waals surface area contributed by atoms with Gasteiger partial charge in [0.2, 0.25) is 0 Å². The zero-order valence-electron chi connectivity index (χ0n) is 24.4. The number of ether oxygens (including phenoxy) is 2. The normalized spacial score (nSPS) is 12.4. The Morgan fingerprint density at radius 2 is 1.22 bits per heavy atom. The maximum Gasteiger partial charge on any atom is 0.306 e. The van der Waals surface area contributed by atoms with Crippen molar-refractivity contribution in [2.45, 2.75) is 148 Å². The molecule has 0 bridgehead atoms. The highest BCUT2D eigenvalue weighted by atomic mass is 16.5. The van der Waals surface area contributed by atoms with E-state index in [0.29, 0.717) is 19.4 Å². The van der Waals surface area contributed by atoms with Crippen LogP contribution in [0.2, 0.25) is 0 Å². The molecule has 0 saturated carbocycles. The summed E-state index contributed by atoms with van der Waals surface area (Å²) in [5.41, 5.74) is 0. The van der Waals surface area contributed by atoms with Crippen LogP contribution in [0.15, 0.2) is 12.2 Å². The number of hydrogen-bond donors (Lipinski definition) is 0. The van der Waals surface area contributed by atoms with Crippen LogP contribution in [-0.4, -0.2) is 50.2 Å². The number of carbonyl (C=O) groups excluding carboxylic acids is 2. The van der Waals surface area contributed by atoms with Crippen LogP contribution < -0.4 is 0 Å². The van der Waals surface area contributed by atoms with Gasteiger partial charge in [-0.15, -0.1) is 0 Å². The molecule has 0 aliphatic heterocycles. The van der Waals surface area contributed by atoms with Gasteiger partial charge in [0, 0.05) is 12.8 Å². The van der Waals surface area contributed by atoms with Crippen molar-refractivity contribution in [3.63, 3.8) is 0 Å². The molecule has 0 fully saturated rings. The summed E-state index contributed by atoms with van der Waals surface area (Å²) in [5, 5.41) is 0. The summed E-state index contributed by atoms with van der Waals surface area (Å²) in [6.07, 6.45) is 25.6. The average Bonchev–Trinajstić information content (AvgIpc) is 2.84. The summed E-state index contributed by atoms with van der Waals surface area (Å²) in [6.45, 7) is 5.77. The summed E-state index contributed by atoms with van der Waals surface area (Å²) >= 11 is 0. The van der Waals surface area contributed by atoms with E-state index in [0.717, 1.165) is 70.8 Å². The van der Waals surface area contributed by atoms with E-state index in [9.17, 15) is 9.59 Å². The Labute approximate surface area is 223 Å². The van der Waals surface area contributed by atoms with Crippen LogP contribution in [0.25, 0.3) is 0 Å². The third kappa shape index (κ3) is 25.7. The number of allylic oxidation sites excluding steroid dienone is 1. The maximum absolute atomic E-state index is 12.3. The van der Waals surface area contributed by atoms with E-state index in [4.69, 9.17) is 9.47 Å². The topological polar surface area (TPSA) is 55.8 Å². The van der Waals surface area contributed by atoms with Crippen molar-refractivity contribution in [1.29, 1.82) is 0 Å². The highest BCUT2D eigenvalue weighted by Crippen LogP contribution is 2.17. The lowest BCUT2D eigenvalue weighted by Crippen LogP contribution is -2.20. The standard InChI is InChI=1S/C31H59NO4/c1-5-7-9-11-12-17-21-28-35-30(33)25-20-16-13-15-19-24-29(23-18-14-10-8-6-2)36-31(34)26-22-27-32(3)4/h17,21,29H,5-16,18-20,22-28H2,1-4H3/b21-17-. The Kier molecular flexibility index (Phi) is 25.7. The van der Waals surface area contributed by atoms with Gasteiger partial charge in [0.1, 0.15) is 12.7 Å². The fraction of sp³-hybridized carbons (Fsp3) is 0.871. The summed E-state index contributed by atoms with van der Waals surface area (Å²) in [5.74, 6) is -0.129. The smallest absolute Gasteiger partial charge is 0.306 e. The SMILES string of the molecule is CCCCCC/C=C\COC(=O)CCCCCCCC(CCCCCCC)OC(=O)CCCN(C)C. The molecule has 0 aliphatic rings. The molecule has 0 saturated heterocycles. The maximum atomic E-state index is 12.3. The van der Waals surface area contributed by atoms with Gasteiger partial charge < -0.3 is 14.4 Å². The van der Waals surface area contributed by atoms with Gasteiger partial charge in [-0.2, -0.15) is 0 Å². The van der Waals surface area contributed by atoms with Crippen LogP contribution in [0.5, 0.6) is 0 Å². The van der Waals surface area contributed by atoms with Crippen molar-refractivity contribution in [3.05, 3.63) is 12.2 Å². The van der Waals surface area contributed by atoms with Gasteiger partial charge in [0.15, 0.2) is 0 Å². The van der Waals surface area contributed by atoms with E-state index in [2.05, 4.69) is 24.8 Å². The van der Waals surface area contributed by atoms with E-state index in [-0.39, 0.29) is 18.0 Å². The van der Waals surface area contributed by atoms with Gasteiger partial charge in [-0.25, -0.2) is 0 Å². The molecule has 0 aromatic rings. The van der Waals surface area contributed by atoms with Crippen LogP contribution in [0, 0.1) is 0 Å². The van der Waals surface area contributed by atoms with Crippen molar-refractivity contribution in [1.82, 2.24) is 4.90 Å². The molecule has 0 aromatic carbocycles. The molecule has 0 N–H and O–H groups in total. The number of hydrogen-bond acceptors (Lipinski definition) is 5. The number of carbonyl (C=O) groups is 2. The lowest BCUT2D eigenvalue weighted by molar-refractivity contribution is -0.150. The van der Waals surface area contributed by atoms with Crippen LogP contribution in [-0.2, 0) is 19.1 Å². The molecule has 36 heavy (non-hydrogen) atoms. The quantitative estimate of drug-likeness (QED) is 0.0665. The molecule has 0 rings (SSSR count). The summed E-state index contributed by atoms with van der Waals surface area (Å²) < 4.78 is 11.1. The first-order valence-electron chi connectivity index (χ1n) is 15.1. The minimum atomic E-state index is -0.0880. The number of esters is 2. The Bertz CT molecular complexity index is 533. The molecule has 0 aliphatic carbocycles. The number of rotatable bonds is 26. The molecule has 1 atom stereocenters. The third-order valence-corrected chi connectivity index (χ3v) is 6.55. The second-order valence-electron chi connectivity index (χ2n) is 10.5. The summed E-state index contributed by atoms with van der Waals surface area (Å²) in [6, 6.07) is 0. The molecule has 0 amide bonds. The van der Waals surface area contributed by atoms with Crippen molar-refractivity contribution < 1.29 is 19.1 Å². The minimum absolute atomic E-state index is 0.0414. The molecule has 0 heterocycles. The second kappa shape index (κ2) is 26.7. The largest absolute Gasteiger partial charge is 0.462 e. The van der Waals surface area contributed by atoms with Gasteiger partial charge in [0.25, 0.3) is 0 Å². The Morgan fingerprint density at radius 1 is 0.667 bits per heavy atom. The highest BCUT2D eigenvalue weighted by Gasteiger charge is 2.14. The predicted molar refractivity (Wildman–Crippen MR) is 152 cm³/mol. The highest BCUT2D eigenvalue weighted by molar-refractivity contribution is 5.69. The molecule has 1 unspecified atom stereocenters. The number of nitrogens with zero attached hydrogens (tertiary/aromatic N) is 1. The monoisotopic (exact) mass is 509 g/mol. The Balaban J connectivity index is 3.94. The minimum Gasteiger partial charge on any atom is -0.462 e. The van der Waals surface area contributed by atoms with Crippen molar-refractivity contribution in [2.75, 3.05) is 27.2 Å². The zero-order valence-corrected chi connectivity index (χ0v) is 24.4. The van der Waals surface area contributed by atoms with Crippen LogP contribution in [0.3, 0.4) is 0 Å². The molecule has 5 nitrogen and oxygen atoms in total. The summed E-state index contributed by atoms with van der Waals surface area (Å²) in [4.78, 5) is 26.3. The third-order valence-electron chi connectivity index (χ3n) is 6.55. The van der Waals surface area contributed by atoms with E-state index in [1.165, 1.54) is 51.4 Å². The summed E-state index contributed by atoms with van der Waals surface area (Å²) in [7, 11) is 4.06. The Hall–Kier alpha value is -1.36. The van der Waals surface area contributed by atoms with Gasteiger partial charge in [-0.05, 0) is 72.0 Å². The van der Waals surface area contributed by atoms with E-state index in [1.807, 2.05) is 20.2 Å². The lowest BCUT2D eigenvalue weighted by Gasteiger charge is -2.18. The lowest BCUT2D eigenvalue weighted by atomic mass is 10.0. The van der Waals surface area contributed by atoms with Crippen LogP contribution in [0.4, 0.5) is 0 Å². The first-order chi connectivity index (χ1) is 17.5. The molecule has 212 valence electrons. The molecule has 0 spiro atoms. The first kappa shape index (κ1) is 34.6. The second-order valence-corrected chi connectivity index (χ2v) is 10.5. The van der Waals surface area contributed by atoms with Crippen LogP contribution in [0.1, 0.15) is 142 Å². The van der Waals surface area contributed by atoms with Gasteiger partial charge >= 0.3 is 11.9 Å².